The van der Waals surface area contributed by atoms with Gasteiger partial charge < -0.3 is 20.2 Å². The van der Waals surface area contributed by atoms with Gasteiger partial charge in [-0.2, -0.15) is 0 Å². The van der Waals surface area contributed by atoms with Crippen molar-refractivity contribution in [2.75, 3.05) is 33.7 Å². The van der Waals surface area contributed by atoms with E-state index in [0.717, 1.165) is 13.1 Å². The average Bonchev–Trinajstić information content (AvgIpc) is 2.28. The Balaban J connectivity index is 4.08. The van der Waals surface area contributed by atoms with Crippen LogP contribution in [0.15, 0.2) is 0 Å². The van der Waals surface area contributed by atoms with E-state index in [4.69, 9.17) is 5.11 Å². The molecule has 17 heavy (non-hydrogen) atoms. The minimum atomic E-state index is -0.976. The number of carbonyl (C=O) groups excluding carboxylic acids is 1. The van der Waals surface area contributed by atoms with Crippen LogP contribution >= 0.6 is 0 Å². The molecular weight excluding hydrogens is 222 g/mol. The van der Waals surface area contributed by atoms with E-state index in [0.29, 0.717) is 13.0 Å². The second-order valence-electron chi connectivity index (χ2n) is 4.00. The summed E-state index contributed by atoms with van der Waals surface area (Å²) in [6, 6.07) is -1.11. The highest BCUT2D eigenvalue weighted by Crippen LogP contribution is 2.01. The third kappa shape index (κ3) is 5.53. The van der Waals surface area contributed by atoms with Gasteiger partial charge in [0, 0.05) is 20.1 Å². The molecule has 0 heterocycles. The maximum atomic E-state index is 11.7. The van der Waals surface area contributed by atoms with Crippen molar-refractivity contribution in [2.24, 2.45) is 0 Å². The molecule has 0 saturated carbocycles. The molecule has 0 radical (unpaired) electrons. The Morgan fingerprint density at radius 1 is 1.29 bits per heavy atom. The van der Waals surface area contributed by atoms with Crippen LogP contribution in [0.1, 0.15) is 20.3 Å². The summed E-state index contributed by atoms with van der Waals surface area (Å²) in [6.07, 6.45) is 0.397. The summed E-state index contributed by atoms with van der Waals surface area (Å²) in [5.41, 5.74) is 0. The smallest absolute Gasteiger partial charge is 0.326 e. The van der Waals surface area contributed by atoms with Crippen LogP contribution in [0.5, 0.6) is 0 Å². The molecule has 0 aliphatic heterocycles. The van der Waals surface area contributed by atoms with Gasteiger partial charge in [-0.3, -0.25) is 0 Å². The first-order valence-electron chi connectivity index (χ1n) is 5.86. The number of nitrogens with zero attached hydrogens (tertiary/aromatic N) is 2. The minimum Gasteiger partial charge on any atom is -0.480 e. The Kier molecular flexibility index (Phi) is 7.29. The highest BCUT2D eigenvalue weighted by atomic mass is 16.4. The Hall–Kier alpha value is -1.30. The SMILES string of the molecule is CCC(C(=O)O)N(C)C(=O)NCCN(C)CC. The number of nitrogens with one attached hydrogen (secondary N) is 1. The lowest BCUT2D eigenvalue weighted by molar-refractivity contribution is -0.141. The van der Waals surface area contributed by atoms with Crippen molar-refractivity contribution < 1.29 is 14.7 Å². The molecule has 0 aliphatic rings. The Labute approximate surface area is 103 Å². The lowest BCUT2D eigenvalue weighted by Gasteiger charge is -2.24. The summed E-state index contributed by atoms with van der Waals surface area (Å²) >= 11 is 0. The second kappa shape index (κ2) is 7.89. The Bertz CT molecular complexity index is 258. The molecule has 1 atom stereocenters. The van der Waals surface area contributed by atoms with Crippen LogP contribution in [0.2, 0.25) is 0 Å². The van der Waals surface area contributed by atoms with Gasteiger partial charge in [0.1, 0.15) is 6.04 Å². The van der Waals surface area contributed by atoms with Gasteiger partial charge in [-0.15, -0.1) is 0 Å². The molecule has 6 nitrogen and oxygen atoms in total. The van der Waals surface area contributed by atoms with Crippen LogP contribution < -0.4 is 5.32 Å². The van der Waals surface area contributed by atoms with Gasteiger partial charge in [0.15, 0.2) is 0 Å². The molecule has 0 aromatic heterocycles. The first-order chi connectivity index (χ1) is 7.93. The normalized spacial score (nSPS) is 12.3. The van der Waals surface area contributed by atoms with E-state index in [2.05, 4.69) is 10.2 Å². The van der Waals surface area contributed by atoms with E-state index < -0.39 is 12.0 Å². The summed E-state index contributed by atoms with van der Waals surface area (Å²) in [5.74, 6) is -0.976. The topological polar surface area (TPSA) is 72.9 Å². The number of amides is 2. The van der Waals surface area contributed by atoms with Crippen molar-refractivity contribution in [2.45, 2.75) is 26.3 Å². The van der Waals surface area contributed by atoms with Gasteiger partial charge in [0.25, 0.3) is 0 Å². The third-order valence-corrected chi connectivity index (χ3v) is 2.77. The van der Waals surface area contributed by atoms with E-state index in [-0.39, 0.29) is 6.03 Å². The van der Waals surface area contributed by atoms with Crippen LogP contribution in [0.25, 0.3) is 0 Å². The Morgan fingerprint density at radius 3 is 2.29 bits per heavy atom. The van der Waals surface area contributed by atoms with E-state index in [9.17, 15) is 9.59 Å². The summed E-state index contributed by atoms with van der Waals surface area (Å²) in [7, 11) is 3.46. The van der Waals surface area contributed by atoms with Crippen molar-refractivity contribution >= 4 is 12.0 Å². The number of carboxylic acid groups (broad SMARTS) is 1. The molecule has 0 spiro atoms. The van der Waals surface area contributed by atoms with E-state index in [1.54, 1.807) is 6.92 Å². The van der Waals surface area contributed by atoms with Gasteiger partial charge in [-0.05, 0) is 20.0 Å². The molecule has 0 bridgehead atoms. The monoisotopic (exact) mass is 245 g/mol. The van der Waals surface area contributed by atoms with Crippen LogP contribution in [0.4, 0.5) is 4.79 Å². The number of urea groups is 1. The maximum absolute atomic E-state index is 11.7. The number of likely N-dealkylation sites (N-methyl/N-ethyl adjacent to an activating group) is 2. The molecule has 0 saturated heterocycles. The standard InChI is InChI=1S/C11H23N3O3/c1-5-9(10(15)16)14(4)11(17)12-7-8-13(3)6-2/h9H,5-8H2,1-4H3,(H,12,17)(H,15,16). The van der Waals surface area contributed by atoms with Crippen LogP contribution in [0, 0.1) is 0 Å². The number of carbonyl (C=O) groups is 2. The molecule has 100 valence electrons. The molecule has 0 aromatic rings. The van der Waals surface area contributed by atoms with Gasteiger partial charge in [0.2, 0.25) is 0 Å². The molecule has 0 fully saturated rings. The molecule has 0 rings (SSSR count). The van der Waals surface area contributed by atoms with Crippen molar-refractivity contribution in [3.8, 4) is 0 Å². The van der Waals surface area contributed by atoms with Crippen molar-refractivity contribution in [1.29, 1.82) is 0 Å². The van der Waals surface area contributed by atoms with Crippen molar-refractivity contribution in [1.82, 2.24) is 15.1 Å². The first kappa shape index (κ1) is 15.7. The van der Waals surface area contributed by atoms with Crippen LogP contribution in [-0.4, -0.2) is 66.7 Å². The number of rotatable bonds is 7. The molecule has 2 N–H and O–H groups in total. The van der Waals surface area contributed by atoms with E-state index in [1.807, 2.05) is 14.0 Å². The highest BCUT2D eigenvalue weighted by molar-refractivity contribution is 5.82. The van der Waals surface area contributed by atoms with Crippen molar-refractivity contribution in [3.05, 3.63) is 0 Å². The molecular formula is C11H23N3O3. The molecule has 2 amide bonds. The van der Waals surface area contributed by atoms with Gasteiger partial charge >= 0.3 is 12.0 Å². The average molecular weight is 245 g/mol. The quantitative estimate of drug-likeness (QED) is 0.683. The fourth-order valence-electron chi connectivity index (χ4n) is 1.39. The Morgan fingerprint density at radius 2 is 1.88 bits per heavy atom. The zero-order valence-electron chi connectivity index (χ0n) is 11.1. The summed E-state index contributed by atoms with van der Waals surface area (Å²) in [5, 5.41) is 11.6. The summed E-state index contributed by atoms with van der Waals surface area (Å²) < 4.78 is 0. The largest absolute Gasteiger partial charge is 0.480 e. The fourth-order valence-corrected chi connectivity index (χ4v) is 1.39. The zero-order chi connectivity index (χ0) is 13.4. The summed E-state index contributed by atoms with van der Waals surface area (Å²) in [4.78, 5) is 25.8. The van der Waals surface area contributed by atoms with E-state index in [1.165, 1.54) is 11.9 Å². The number of hydrogen-bond acceptors (Lipinski definition) is 3. The molecule has 0 aromatic carbocycles. The maximum Gasteiger partial charge on any atom is 0.326 e. The van der Waals surface area contributed by atoms with Crippen molar-refractivity contribution in [3.63, 3.8) is 0 Å². The number of hydrogen-bond donors (Lipinski definition) is 2. The lowest BCUT2D eigenvalue weighted by atomic mass is 10.2. The lowest BCUT2D eigenvalue weighted by Crippen LogP contribution is -2.48. The van der Waals surface area contributed by atoms with Crippen LogP contribution in [0.3, 0.4) is 0 Å². The van der Waals surface area contributed by atoms with Gasteiger partial charge in [0.05, 0.1) is 0 Å². The minimum absolute atomic E-state index is 0.344. The third-order valence-electron chi connectivity index (χ3n) is 2.77. The van der Waals surface area contributed by atoms with Gasteiger partial charge in [-0.25, -0.2) is 9.59 Å². The zero-order valence-corrected chi connectivity index (χ0v) is 11.1. The molecule has 1 unspecified atom stereocenters. The predicted octanol–water partition coefficient (Wildman–Crippen LogP) is 0.443. The predicted molar refractivity (Wildman–Crippen MR) is 66.0 cm³/mol. The van der Waals surface area contributed by atoms with Gasteiger partial charge in [-0.1, -0.05) is 13.8 Å². The molecule has 0 aliphatic carbocycles. The van der Waals surface area contributed by atoms with E-state index >= 15 is 0 Å². The summed E-state index contributed by atoms with van der Waals surface area (Å²) in [6.45, 7) is 5.96. The highest BCUT2D eigenvalue weighted by Gasteiger charge is 2.24. The molecule has 6 heteroatoms. The fraction of sp³-hybridized carbons (Fsp3) is 0.818. The number of carboxylic acids is 1. The second-order valence-corrected chi connectivity index (χ2v) is 4.00. The van der Waals surface area contributed by atoms with Crippen LogP contribution in [-0.2, 0) is 4.79 Å². The first-order valence-corrected chi connectivity index (χ1v) is 5.86. The number of aliphatic carboxylic acids is 1.